The molecule has 2 atom stereocenters. The number of rotatable bonds is 5. The Hall–Kier alpha value is -2.44. The Labute approximate surface area is 165 Å². The highest BCUT2D eigenvalue weighted by Crippen LogP contribution is 2.41. The zero-order valence-electron chi connectivity index (χ0n) is 14.4. The van der Waals surface area contributed by atoms with E-state index in [1.165, 1.54) is 17.3 Å². The summed E-state index contributed by atoms with van der Waals surface area (Å²) in [5, 5.41) is 4.63. The minimum absolute atomic E-state index is 0.00327. The molecule has 1 aromatic heterocycles. The van der Waals surface area contributed by atoms with E-state index in [0.717, 1.165) is 22.9 Å². The molecule has 4 rings (SSSR count). The lowest BCUT2D eigenvalue weighted by molar-refractivity contribution is -0.115. The summed E-state index contributed by atoms with van der Waals surface area (Å²) >= 11 is 7.49. The summed E-state index contributed by atoms with van der Waals surface area (Å²) in [6.45, 7) is 0. The molecule has 7 heteroatoms. The highest BCUT2D eigenvalue weighted by Gasteiger charge is 2.34. The molecule has 0 spiro atoms. The zero-order valence-corrected chi connectivity index (χ0v) is 15.9. The van der Waals surface area contributed by atoms with Crippen LogP contribution in [0.1, 0.15) is 26.9 Å². The first-order valence-electron chi connectivity index (χ1n) is 8.58. The van der Waals surface area contributed by atoms with Gasteiger partial charge in [-0.1, -0.05) is 35.9 Å². The van der Waals surface area contributed by atoms with E-state index in [1.807, 2.05) is 30.3 Å². The number of nitrogens with one attached hydrogen (secondary N) is 2. The van der Waals surface area contributed by atoms with Gasteiger partial charge in [0.25, 0.3) is 5.91 Å². The summed E-state index contributed by atoms with van der Waals surface area (Å²) in [6.07, 6.45) is 0.727. The van der Waals surface area contributed by atoms with Crippen molar-refractivity contribution in [1.29, 1.82) is 0 Å². The number of carbonyl (C=O) groups is 2. The average Bonchev–Trinajstić information content (AvgIpc) is 3.20. The van der Waals surface area contributed by atoms with Crippen LogP contribution < -0.4 is 11.1 Å². The van der Waals surface area contributed by atoms with Crippen LogP contribution >= 0.6 is 23.4 Å². The second kappa shape index (κ2) is 7.29. The van der Waals surface area contributed by atoms with Crippen LogP contribution in [0.2, 0.25) is 5.02 Å². The fourth-order valence-electron chi connectivity index (χ4n) is 3.53. The number of aromatic amines is 1. The molecule has 1 aliphatic rings. The molecular formula is C20H18ClN3O2S. The van der Waals surface area contributed by atoms with E-state index in [1.54, 1.807) is 12.1 Å². The van der Waals surface area contributed by atoms with Crippen molar-refractivity contribution in [2.24, 2.45) is 5.73 Å². The molecule has 0 bridgehead atoms. The van der Waals surface area contributed by atoms with Gasteiger partial charge in [-0.25, -0.2) is 0 Å². The first-order valence-corrected chi connectivity index (χ1v) is 10.0. The molecule has 0 saturated heterocycles. The normalized spacial score (nSPS) is 18.4. The Morgan fingerprint density at radius 2 is 2.04 bits per heavy atom. The third-order valence-corrected chi connectivity index (χ3v) is 6.34. The van der Waals surface area contributed by atoms with Gasteiger partial charge < -0.3 is 16.0 Å². The largest absolute Gasteiger partial charge is 0.369 e. The number of thioether (sulfide) groups is 1. The van der Waals surface area contributed by atoms with Crippen molar-refractivity contribution in [3.63, 3.8) is 0 Å². The van der Waals surface area contributed by atoms with Gasteiger partial charge in [0.2, 0.25) is 5.91 Å². The maximum Gasteiger partial charge on any atom is 0.268 e. The van der Waals surface area contributed by atoms with Crippen LogP contribution in [0.25, 0.3) is 10.9 Å². The Kier molecular flexibility index (Phi) is 4.85. The van der Waals surface area contributed by atoms with E-state index in [0.29, 0.717) is 10.7 Å². The third kappa shape index (κ3) is 3.68. The lowest BCUT2D eigenvalue weighted by Gasteiger charge is -2.20. The fourth-order valence-corrected chi connectivity index (χ4v) is 4.87. The number of aromatic nitrogens is 1. The molecule has 2 amide bonds. The van der Waals surface area contributed by atoms with E-state index in [4.69, 9.17) is 17.3 Å². The Bertz CT molecular complexity index is 1030. The number of halogens is 1. The minimum atomic E-state index is -0.359. The first kappa shape index (κ1) is 17.9. The van der Waals surface area contributed by atoms with Crippen molar-refractivity contribution in [1.82, 2.24) is 10.3 Å². The molecule has 5 nitrogen and oxygen atoms in total. The van der Waals surface area contributed by atoms with E-state index < -0.39 is 0 Å². The molecule has 2 aromatic carbocycles. The molecule has 3 aromatic rings. The first-order chi connectivity index (χ1) is 13.0. The van der Waals surface area contributed by atoms with E-state index in [9.17, 15) is 9.59 Å². The topological polar surface area (TPSA) is 88.0 Å². The van der Waals surface area contributed by atoms with Crippen molar-refractivity contribution in [3.8, 4) is 0 Å². The number of benzene rings is 2. The van der Waals surface area contributed by atoms with Gasteiger partial charge in [-0.05, 0) is 41.8 Å². The lowest BCUT2D eigenvalue weighted by atomic mass is 10.1. The summed E-state index contributed by atoms with van der Waals surface area (Å²) < 4.78 is 0. The minimum Gasteiger partial charge on any atom is -0.369 e. The highest BCUT2D eigenvalue weighted by atomic mass is 35.5. The molecular weight excluding hydrogens is 382 g/mol. The van der Waals surface area contributed by atoms with Crippen LogP contribution in [0.3, 0.4) is 0 Å². The number of hydrogen-bond donors (Lipinski definition) is 3. The zero-order chi connectivity index (χ0) is 19.0. The van der Waals surface area contributed by atoms with Crippen LogP contribution in [-0.2, 0) is 11.2 Å². The van der Waals surface area contributed by atoms with Crippen LogP contribution in [-0.4, -0.2) is 28.6 Å². The standard InChI is InChI=1S/C20H18ClN3O2S/c21-13-5-6-15-12(7-13)9-17(23-15)20(26)24-16-8-11-3-1-2-4-14(11)19(16)27-10-18(22)25/h1-7,9,16,19,23H,8,10H2,(H2,22,25)(H,24,26)/t16-,19+/m1/s1. The summed E-state index contributed by atoms with van der Waals surface area (Å²) in [7, 11) is 0. The Morgan fingerprint density at radius 3 is 2.85 bits per heavy atom. The van der Waals surface area contributed by atoms with Crippen molar-refractivity contribution >= 4 is 46.1 Å². The molecule has 1 heterocycles. The molecule has 0 radical (unpaired) electrons. The van der Waals surface area contributed by atoms with Crippen molar-refractivity contribution in [2.45, 2.75) is 17.7 Å². The predicted octanol–water partition coefficient (Wildman–Crippen LogP) is 3.44. The predicted molar refractivity (Wildman–Crippen MR) is 109 cm³/mol. The fraction of sp³-hybridized carbons (Fsp3) is 0.200. The lowest BCUT2D eigenvalue weighted by Crippen LogP contribution is -2.37. The SMILES string of the molecule is NC(=O)CS[C@H]1c2ccccc2C[C@H]1NC(=O)c1cc2cc(Cl)ccc2[nH]1. The number of H-pyrrole nitrogens is 1. The van der Waals surface area contributed by atoms with Crippen LogP contribution in [0.15, 0.2) is 48.5 Å². The molecule has 0 fully saturated rings. The van der Waals surface area contributed by atoms with Crippen molar-refractivity contribution in [3.05, 3.63) is 70.4 Å². The molecule has 138 valence electrons. The summed E-state index contributed by atoms with van der Waals surface area (Å²) in [6, 6.07) is 15.2. The molecule has 4 N–H and O–H groups in total. The number of primary amides is 1. The molecule has 0 unspecified atom stereocenters. The van der Waals surface area contributed by atoms with Gasteiger partial charge in [-0.15, -0.1) is 11.8 Å². The van der Waals surface area contributed by atoms with E-state index in [-0.39, 0.29) is 28.9 Å². The number of nitrogens with two attached hydrogens (primary N) is 1. The quantitative estimate of drug-likeness (QED) is 0.614. The average molecular weight is 400 g/mol. The Morgan fingerprint density at radius 1 is 1.22 bits per heavy atom. The molecule has 0 aliphatic heterocycles. The smallest absolute Gasteiger partial charge is 0.268 e. The van der Waals surface area contributed by atoms with Gasteiger partial charge in [0.05, 0.1) is 11.0 Å². The van der Waals surface area contributed by atoms with Gasteiger partial charge in [-0.2, -0.15) is 0 Å². The summed E-state index contributed by atoms with van der Waals surface area (Å²) in [5.74, 6) is -0.317. The molecule has 0 saturated carbocycles. The van der Waals surface area contributed by atoms with Gasteiger partial charge in [0.15, 0.2) is 0 Å². The van der Waals surface area contributed by atoms with Gasteiger partial charge in [0, 0.05) is 22.0 Å². The van der Waals surface area contributed by atoms with Crippen molar-refractivity contribution in [2.75, 3.05) is 5.75 Å². The van der Waals surface area contributed by atoms with Crippen LogP contribution in [0, 0.1) is 0 Å². The third-order valence-electron chi connectivity index (χ3n) is 4.72. The van der Waals surface area contributed by atoms with Crippen molar-refractivity contribution < 1.29 is 9.59 Å². The Balaban J connectivity index is 1.56. The number of carbonyl (C=O) groups excluding carboxylic acids is 2. The second-order valence-corrected chi connectivity index (χ2v) is 8.16. The molecule has 27 heavy (non-hydrogen) atoms. The van der Waals surface area contributed by atoms with Gasteiger partial charge >= 0.3 is 0 Å². The monoisotopic (exact) mass is 399 g/mol. The van der Waals surface area contributed by atoms with E-state index >= 15 is 0 Å². The number of amides is 2. The maximum atomic E-state index is 12.8. The highest BCUT2D eigenvalue weighted by molar-refractivity contribution is 8.00. The maximum absolute atomic E-state index is 12.8. The number of hydrogen-bond acceptors (Lipinski definition) is 3. The van der Waals surface area contributed by atoms with Gasteiger partial charge in [-0.3, -0.25) is 9.59 Å². The second-order valence-electron chi connectivity index (χ2n) is 6.60. The summed E-state index contributed by atoms with van der Waals surface area (Å²) in [5.41, 5.74) is 9.01. The van der Waals surface area contributed by atoms with Crippen LogP contribution in [0.5, 0.6) is 0 Å². The molecule has 1 aliphatic carbocycles. The van der Waals surface area contributed by atoms with E-state index in [2.05, 4.69) is 16.4 Å². The summed E-state index contributed by atoms with van der Waals surface area (Å²) in [4.78, 5) is 27.2. The number of fused-ring (bicyclic) bond motifs is 2. The van der Waals surface area contributed by atoms with Gasteiger partial charge in [0.1, 0.15) is 5.69 Å². The van der Waals surface area contributed by atoms with Crippen LogP contribution in [0.4, 0.5) is 0 Å².